The van der Waals surface area contributed by atoms with Crippen molar-refractivity contribution in [1.29, 1.82) is 0 Å². The molecule has 0 atom stereocenters. The molecule has 1 amide bonds. The van der Waals surface area contributed by atoms with Gasteiger partial charge in [-0.2, -0.15) is 0 Å². The minimum atomic E-state index is -0.515. The molecule has 64 valence electrons. The molecule has 0 aromatic carbocycles. The number of furan rings is 1. The van der Waals surface area contributed by atoms with E-state index in [9.17, 15) is 4.79 Å². The van der Waals surface area contributed by atoms with Gasteiger partial charge in [-0.05, 0) is 12.1 Å². The van der Waals surface area contributed by atoms with Crippen LogP contribution in [0.1, 0.15) is 5.76 Å². The summed E-state index contributed by atoms with van der Waals surface area (Å²) in [5.74, 6) is -0.0452. The average molecular weight is 166 g/mol. The summed E-state index contributed by atoms with van der Waals surface area (Å²) >= 11 is 0. The van der Waals surface area contributed by atoms with Crippen molar-refractivity contribution in [3.63, 3.8) is 0 Å². The molecule has 1 rings (SSSR count). The first-order chi connectivity index (χ1) is 5.75. The monoisotopic (exact) mass is 166 g/mol. The fraction of sp³-hybridized carbons (Fsp3) is 0.125. The highest BCUT2D eigenvalue weighted by Crippen LogP contribution is 2.12. The highest BCUT2D eigenvalue weighted by molar-refractivity contribution is 6.17. The van der Waals surface area contributed by atoms with Gasteiger partial charge in [-0.25, -0.2) is 0 Å². The lowest BCUT2D eigenvalue weighted by Crippen LogP contribution is -2.14. The first-order valence-corrected chi connectivity index (χ1v) is 3.47. The molecular formula is C8H10N2O2. The zero-order valence-electron chi connectivity index (χ0n) is 6.70. The second-order valence-corrected chi connectivity index (χ2v) is 2.19. The maximum absolute atomic E-state index is 10.8. The van der Waals surface area contributed by atoms with Crippen LogP contribution in [-0.4, -0.2) is 13.0 Å². The van der Waals surface area contributed by atoms with Crippen LogP contribution in [0.3, 0.4) is 0 Å². The number of primary amides is 1. The van der Waals surface area contributed by atoms with Crippen LogP contribution in [0, 0.1) is 0 Å². The summed E-state index contributed by atoms with van der Waals surface area (Å²) in [6, 6.07) is 3.37. The van der Waals surface area contributed by atoms with Crippen molar-refractivity contribution in [3.05, 3.63) is 30.4 Å². The third kappa shape index (κ3) is 1.66. The first kappa shape index (κ1) is 8.39. The predicted octanol–water partition coefficient (Wildman–Crippen LogP) is 0.325. The molecule has 0 saturated carbocycles. The topological polar surface area (TPSA) is 68.3 Å². The van der Waals surface area contributed by atoms with Crippen LogP contribution < -0.4 is 11.1 Å². The van der Waals surface area contributed by atoms with Gasteiger partial charge in [-0.1, -0.05) is 0 Å². The summed E-state index contributed by atoms with van der Waals surface area (Å²) in [6.45, 7) is 0. The Morgan fingerprint density at radius 3 is 2.92 bits per heavy atom. The van der Waals surface area contributed by atoms with E-state index in [-0.39, 0.29) is 0 Å². The Morgan fingerprint density at radius 2 is 2.50 bits per heavy atom. The standard InChI is InChI=1S/C8H10N2O2/c1-10-5-6(8(9)11)7-3-2-4-12-7/h2-5,10H,1H3,(H2,9,11)/b6-5-. The van der Waals surface area contributed by atoms with Crippen LogP contribution in [0.2, 0.25) is 0 Å². The molecule has 4 nitrogen and oxygen atoms in total. The van der Waals surface area contributed by atoms with Crippen LogP contribution in [0.15, 0.2) is 29.0 Å². The molecule has 1 heterocycles. The van der Waals surface area contributed by atoms with Crippen molar-refractivity contribution in [2.75, 3.05) is 7.05 Å². The molecule has 0 aliphatic rings. The van der Waals surface area contributed by atoms with Gasteiger partial charge in [0.25, 0.3) is 5.91 Å². The van der Waals surface area contributed by atoms with Crippen LogP contribution in [0.5, 0.6) is 0 Å². The van der Waals surface area contributed by atoms with E-state index in [1.165, 1.54) is 12.5 Å². The molecule has 0 unspecified atom stereocenters. The third-order valence-corrected chi connectivity index (χ3v) is 1.34. The van der Waals surface area contributed by atoms with Crippen molar-refractivity contribution < 1.29 is 9.21 Å². The number of nitrogens with two attached hydrogens (primary N) is 1. The highest BCUT2D eigenvalue weighted by Gasteiger charge is 2.09. The van der Waals surface area contributed by atoms with E-state index < -0.39 is 5.91 Å². The van der Waals surface area contributed by atoms with E-state index in [0.717, 1.165) is 0 Å². The summed E-state index contributed by atoms with van der Waals surface area (Å²) in [5.41, 5.74) is 5.44. The molecule has 4 heteroatoms. The number of hydrogen-bond acceptors (Lipinski definition) is 3. The molecule has 0 bridgehead atoms. The molecular weight excluding hydrogens is 156 g/mol. The molecule has 0 aliphatic heterocycles. The molecule has 0 aliphatic carbocycles. The Balaban J connectivity index is 2.96. The highest BCUT2D eigenvalue weighted by atomic mass is 16.3. The number of rotatable bonds is 3. The van der Waals surface area contributed by atoms with Crippen molar-refractivity contribution in [1.82, 2.24) is 5.32 Å². The van der Waals surface area contributed by atoms with E-state index in [2.05, 4.69) is 5.32 Å². The number of carbonyl (C=O) groups excluding carboxylic acids is 1. The SMILES string of the molecule is CN/C=C(\C(N)=O)c1ccco1. The third-order valence-electron chi connectivity index (χ3n) is 1.34. The van der Waals surface area contributed by atoms with E-state index >= 15 is 0 Å². The van der Waals surface area contributed by atoms with E-state index in [0.29, 0.717) is 11.3 Å². The lowest BCUT2D eigenvalue weighted by Gasteiger charge is -1.97. The quantitative estimate of drug-likeness (QED) is 0.635. The van der Waals surface area contributed by atoms with Crippen LogP contribution in [0.25, 0.3) is 5.57 Å². The summed E-state index contributed by atoms with van der Waals surface area (Å²) in [5, 5.41) is 2.71. The van der Waals surface area contributed by atoms with Crippen molar-refractivity contribution in [2.45, 2.75) is 0 Å². The summed E-state index contributed by atoms with van der Waals surface area (Å²) in [7, 11) is 1.69. The van der Waals surface area contributed by atoms with Gasteiger partial charge in [-0.3, -0.25) is 4.79 Å². The fourth-order valence-corrected chi connectivity index (χ4v) is 0.840. The fourth-order valence-electron chi connectivity index (χ4n) is 0.840. The number of nitrogens with one attached hydrogen (secondary N) is 1. The van der Waals surface area contributed by atoms with Gasteiger partial charge >= 0.3 is 0 Å². The lowest BCUT2D eigenvalue weighted by atomic mass is 10.2. The van der Waals surface area contributed by atoms with Gasteiger partial charge in [0.2, 0.25) is 0 Å². The Bertz CT molecular complexity index is 288. The second-order valence-electron chi connectivity index (χ2n) is 2.19. The maximum Gasteiger partial charge on any atom is 0.253 e. The van der Waals surface area contributed by atoms with Crippen molar-refractivity contribution >= 4 is 11.5 Å². The second kappa shape index (κ2) is 3.61. The average Bonchev–Trinajstić information content (AvgIpc) is 2.51. The lowest BCUT2D eigenvalue weighted by molar-refractivity contribution is -0.112. The maximum atomic E-state index is 10.8. The predicted molar refractivity (Wildman–Crippen MR) is 44.9 cm³/mol. The molecule has 1 aromatic rings. The Hall–Kier alpha value is -1.71. The Morgan fingerprint density at radius 1 is 1.75 bits per heavy atom. The molecule has 0 spiro atoms. The molecule has 3 N–H and O–H groups in total. The largest absolute Gasteiger partial charge is 0.464 e. The molecule has 0 saturated heterocycles. The van der Waals surface area contributed by atoms with Crippen LogP contribution in [0.4, 0.5) is 0 Å². The van der Waals surface area contributed by atoms with Crippen LogP contribution in [-0.2, 0) is 4.79 Å². The van der Waals surface area contributed by atoms with Gasteiger partial charge in [0.15, 0.2) is 0 Å². The Kier molecular flexibility index (Phi) is 2.53. The number of amides is 1. The van der Waals surface area contributed by atoms with Gasteiger partial charge in [0, 0.05) is 13.2 Å². The molecule has 12 heavy (non-hydrogen) atoms. The molecule has 0 radical (unpaired) electrons. The summed E-state index contributed by atoms with van der Waals surface area (Å²) in [4.78, 5) is 10.8. The smallest absolute Gasteiger partial charge is 0.253 e. The van der Waals surface area contributed by atoms with E-state index in [4.69, 9.17) is 10.2 Å². The zero-order chi connectivity index (χ0) is 8.97. The minimum absolute atomic E-state index is 0.336. The zero-order valence-corrected chi connectivity index (χ0v) is 6.70. The van der Waals surface area contributed by atoms with Gasteiger partial charge in [0.05, 0.1) is 11.8 Å². The first-order valence-electron chi connectivity index (χ1n) is 3.47. The van der Waals surface area contributed by atoms with Gasteiger partial charge in [0.1, 0.15) is 5.76 Å². The number of hydrogen-bond donors (Lipinski definition) is 2. The minimum Gasteiger partial charge on any atom is -0.464 e. The van der Waals surface area contributed by atoms with Crippen molar-refractivity contribution in [2.24, 2.45) is 5.73 Å². The van der Waals surface area contributed by atoms with Gasteiger partial charge in [-0.15, -0.1) is 0 Å². The summed E-state index contributed by atoms with van der Waals surface area (Å²) in [6.07, 6.45) is 2.99. The molecule has 0 fully saturated rings. The Labute approximate surface area is 70.0 Å². The van der Waals surface area contributed by atoms with Crippen LogP contribution >= 0.6 is 0 Å². The molecule has 1 aromatic heterocycles. The normalized spacial score (nSPS) is 11.2. The van der Waals surface area contributed by atoms with Gasteiger partial charge < -0.3 is 15.5 Å². The van der Waals surface area contributed by atoms with E-state index in [1.807, 2.05) is 0 Å². The van der Waals surface area contributed by atoms with E-state index in [1.54, 1.807) is 19.2 Å². The van der Waals surface area contributed by atoms with Crippen molar-refractivity contribution in [3.8, 4) is 0 Å². The summed E-state index contributed by atoms with van der Waals surface area (Å²) < 4.78 is 5.00. The number of carbonyl (C=O) groups is 1.